The second-order valence-electron chi connectivity index (χ2n) is 10.6. The van der Waals surface area contributed by atoms with Crippen LogP contribution >= 0.6 is 0 Å². The van der Waals surface area contributed by atoms with Crippen LogP contribution in [-0.2, 0) is 17.8 Å². The van der Waals surface area contributed by atoms with Gasteiger partial charge in [0.25, 0.3) is 5.91 Å². The molecule has 8 heteroatoms. The Morgan fingerprint density at radius 1 is 1.00 bits per heavy atom. The van der Waals surface area contributed by atoms with E-state index in [1.807, 2.05) is 96.2 Å². The molecular formula is C31H35N5O3. The van der Waals surface area contributed by atoms with Gasteiger partial charge in [-0.25, -0.2) is 4.98 Å². The van der Waals surface area contributed by atoms with E-state index < -0.39 is 5.60 Å². The van der Waals surface area contributed by atoms with Crippen LogP contribution in [0.25, 0.3) is 5.65 Å². The number of hydrogen-bond acceptors (Lipinski definition) is 5. The number of aromatic nitrogens is 2. The minimum Gasteiger partial charge on any atom is -0.389 e. The molecule has 202 valence electrons. The molecule has 2 N–H and O–H groups in total. The largest absolute Gasteiger partial charge is 0.389 e. The SMILES string of the molecule is CC(=O)Nc1ccc(CN(C)c2c(C)nc3ccc(C(=O)N4CCC(O)(Cc5ccccc5)CC4)cn23)cc1. The number of anilines is 2. The summed E-state index contributed by atoms with van der Waals surface area (Å²) in [4.78, 5) is 33.4. The third kappa shape index (κ3) is 5.96. The van der Waals surface area contributed by atoms with Crippen LogP contribution in [0.15, 0.2) is 72.9 Å². The maximum atomic E-state index is 13.5. The zero-order chi connectivity index (χ0) is 27.6. The lowest BCUT2D eigenvalue weighted by molar-refractivity contribution is -0.114. The van der Waals surface area contributed by atoms with Gasteiger partial charge >= 0.3 is 0 Å². The standard InChI is InChI=1S/C31H35N5O3/c1-22-29(34(3)20-25-9-12-27(13-10-25)33-23(2)37)36-21-26(11-14-28(36)32-22)30(38)35-17-15-31(39,16-18-35)19-24-7-5-4-6-8-24/h4-14,21,39H,15-20H2,1-3H3,(H,33,37). The molecule has 4 aromatic rings. The number of nitrogens with one attached hydrogen (secondary N) is 1. The number of piperidine rings is 1. The van der Waals surface area contributed by atoms with Gasteiger partial charge in [0, 0.05) is 51.9 Å². The molecule has 0 spiro atoms. The number of hydrogen-bond donors (Lipinski definition) is 2. The summed E-state index contributed by atoms with van der Waals surface area (Å²) < 4.78 is 1.98. The lowest BCUT2D eigenvalue weighted by atomic mass is 9.85. The van der Waals surface area contributed by atoms with Gasteiger partial charge in [-0.05, 0) is 55.2 Å². The van der Waals surface area contributed by atoms with Crippen molar-refractivity contribution >= 4 is 29.0 Å². The molecule has 1 aliphatic heterocycles. The number of rotatable bonds is 7. The molecular weight excluding hydrogens is 490 g/mol. The van der Waals surface area contributed by atoms with Crippen molar-refractivity contribution in [3.05, 3.63) is 95.3 Å². The Morgan fingerprint density at radius 2 is 1.69 bits per heavy atom. The van der Waals surface area contributed by atoms with Crippen molar-refractivity contribution in [2.24, 2.45) is 0 Å². The second-order valence-corrected chi connectivity index (χ2v) is 10.6. The number of pyridine rings is 1. The summed E-state index contributed by atoms with van der Waals surface area (Å²) in [5, 5.41) is 13.9. The fourth-order valence-corrected chi connectivity index (χ4v) is 5.44. The molecule has 5 rings (SSSR count). The summed E-state index contributed by atoms with van der Waals surface area (Å²) in [7, 11) is 2.00. The monoisotopic (exact) mass is 525 g/mol. The zero-order valence-electron chi connectivity index (χ0n) is 22.7. The summed E-state index contributed by atoms with van der Waals surface area (Å²) in [5.74, 6) is 0.785. The molecule has 0 unspecified atom stereocenters. The van der Waals surface area contributed by atoms with Gasteiger partial charge in [-0.1, -0.05) is 42.5 Å². The van der Waals surface area contributed by atoms with E-state index >= 15 is 0 Å². The Labute approximate surface area is 228 Å². The average molecular weight is 526 g/mol. The van der Waals surface area contributed by atoms with Crippen molar-refractivity contribution in [1.82, 2.24) is 14.3 Å². The van der Waals surface area contributed by atoms with Gasteiger partial charge in [0.1, 0.15) is 11.5 Å². The van der Waals surface area contributed by atoms with Crippen molar-refractivity contribution in [3.8, 4) is 0 Å². The van der Waals surface area contributed by atoms with Gasteiger partial charge in [-0.3, -0.25) is 14.0 Å². The first-order valence-corrected chi connectivity index (χ1v) is 13.3. The molecule has 0 aliphatic carbocycles. The summed E-state index contributed by atoms with van der Waals surface area (Å²) in [6, 6.07) is 21.5. The third-order valence-electron chi connectivity index (χ3n) is 7.42. The Balaban J connectivity index is 1.29. The maximum Gasteiger partial charge on any atom is 0.255 e. The van der Waals surface area contributed by atoms with E-state index in [1.54, 1.807) is 0 Å². The minimum absolute atomic E-state index is 0.0350. The van der Waals surface area contributed by atoms with Crippen LogP contribution in [0.2, 0.25) is 0 Å². The van der Waals surface area contributed by atoms with Crippen LogP contribution in [0.3, 0.4) is 0 Å². The minimum atomic E-state index is -0.792. The van der Waals surface area contributed by atoms with E-state index in [-0.39, 0.29) is 11.8 Å². The highest BCUT2D eigenvalue weighted by atomic mass is 16.3. The maximum absolute atomic E-state index is 13.5. The number of aryl methyl sites for hydroxylation is 1. The number of likely N-dealkylation sites (tertiary alicyclic amines) is 1. The molecule has 2 aromatic heterocycles. The molecule has 3 heterocycles. The molecule has 8 nitrogen and oxygen atoms in total. The van der Waals surface area contributed by atoms with Crippen molar-refractivity contribution < 1.29 is 14.7 Å². The molecule has 0 saturated carbocycles. The van der Waals surface area contributed by atoms with Crippen LogP contribution in [0.1, 0.15) is 46.9 Å². The van der Waals surface area contributed by atoms with Crippen LogP contribution in [-0.4, -0.2) is 56.9 Å². The van der Waals surface area contributed by atoms with Gasteiger partial charge in [-0.15, -0.1) is 0 Å². The number of benzene rings is 2. The summed E-state index contributed by atoms with van der Waals surface area (Å²) in [6.45, 7) is 5.14. The van der Waals surface area contributed by atoms with Gasteiger partial charge in [-0.2, -0.15) is 0 Å². The van der Waals surface area contributed by atoms with Gasteiger partial charge in [0.15, 0.2) is 0 Å². The normalized spacial score (nSPS) is 14.8. The molecule has 1 aliphatic rings. The molecule has 0 atom stereocenters. The van der Waals surface area contributed by atoms with E-state index in [2.05, 4.69) is 10.2 Å². The van der Waals surface area contributed by atoms with Crippen LogP contribution < -0.4 is 10.2 Å². The second kappa shape index (κ2) is 10.9. The van der Waals surface area contributed by atoms with Crippen LogP contribution in [0.5, 0.6) is 0 Å². The molecule has 0 radical (unpaired) electrons. The molecule has 2 amide bonds. The predicted molar refractivity (Wildman–Crippen MR) is 153 cm³/mol. The smallest absolute Gasteiger partial charge is 0.255 e. The lowest BCUT2D eigenvalue weighted by Gasteiger charge is -2.38. The first-order valence-electron chi connectivity index (χ1n) is 13.3. The Hall–Kier alpha value is -4.17. The summed E-state index contributed by atoms with van der Waals surface area (Å²) in [5.41, 5.74) is 4.43. The number of carbonyl (C=O) groups excluding carboxylic acids is 2. The number of amides is 2. The highest BCUT2D eigenvalue weighted by Gasteiger charge is 2.34. The molecule has 1 saturated heterocycles. The first kappa shape index (κ1) is 26.4. The van der Waals surface area contributed by atoms with Gasteiger partial charge in [0.2, 0.25) is 5.91 Å². The Bertz CT molecular complexity index is 1470. The van der Waals surface area contributed by atoms with Gasteiger partial charge in [0.05, 0.1) is 16.9 Å². The first-order chi connectivity index (χ1) is 18.7. The average Bonchev–Trinajstić information content (AvgIpc) is 3.25. The predicted octanol–water partition coefficient (Wildman–Crippen LogP) is 4.45. The van der Waals surface area contributed by atoms with Crippen molar-refractivity contribution in [2.45, 2.75) is 45.3 Å². The van der Waals surface area contributed by atoms with Crippen LogP contribution in [0, 0.1) is 6.92 Å². The Morgan fingerprint density at radius 3 is 2.36 bits per heavy atom. The van der Waals surface area contributed by atoms with E-state index in [9.17, 15) is 14.7 Å². The van der Waals surface area contributed by atoms with Gasteiger partial charge < -0.3 is 20.2 Å². The quantitative estimate of drug-likeness (QED) is 0.372. The fourth-order valence-electron chi connectivity index (χ4n) is 5.44. The van der Waals surface area contributed by atoms with Crippen molar-refractivity contribution in [1.29, 1.82) is 0 Å². The Kier molecular flexibility index (Phi) is 7.39. The van der Waals surface area contributed by atoms with E-state index in [0.29, 0.717) is 44.5 Å². The van der Waals surface area contributed by atoms with E-state index in [4.69, 9.17) is 4.98 Å². The van der Waals surface area contributed by atoms with Crippen molar-refractivity contribution in [3.63, 3.8) is 0 Å². The number of fused-ring (bicyclic) bond motifs is 1. The van der Waals surface area contributed by atoms with E-state index in [1.165, 1.54) is 6.92 Å². The van der Waals surface area contributed by atoms with E-state index in [0.717, 1.165) is 34.0 Å². The fraction of sp³-hybridized carbons (Fsp3) is 0.323. The van der Waals surface area contributed by atoms with Crippen molar-refractivity contribution in [2.75, 3.05) is 30.4 Å². The highest BCUT2D eigenvalue weighted by Crippen LogP contribution is 2.28. The summed E-state index contributed by atoms with van der Waals surface area (Å²) in [6.07, 6.45) is 3.57. The topological polar surface area (TPSA) is 90.2 Å². The number of carbonyl (C=O) groups is 2. The molecule has 1 fully saturated rings. The molecule has 0 bridgehead atoms. The third-order valence-corrected chi connectivity index (χ3v) is 7.42. The molecule has 2 aromatic carbocycles. The zero-order valence-corrected chi connectivity index (χ0v) is 22.7. The summed E-state index contributed by atoms with van der Waals surface area (Å²) >= 11 is 0. The van der Waals surface area contributed by atoms with Crippen LogP contribution in [0.4, 0.5) is 11.5 Å². The highest BCUT2D eigenvalue weighted by molar-refractivity contribution is 5.94. The lowest BCUT2D eigenvalue weighted by Crippen LogP contribution is -2.47. The number of nitrogens with zero attached hydrogens (tertiary/aromatic N) is 4. The molecule has 39 heavy (non-hydrogen) atoms. The number of aliphatic hydroxyl groups is 1. The number of imidazole rings is 1.